The molecule has 0 amide bonds. The highest BCUT2D eigenvalue weighted by molar-refractivity contribution is 6.18. The topological polar surface area (TPSA) is 4.93 Å². The molecule has 0 bridgehead atoms. The smallest absolute Gasteiger partial charge is 0.0619 e. The molecule has 0 spiro atoms. The van der Waals surface area contributed by atoms with Gasteiger partial charge in [0.1, 0.15) is 0 Å². The zero-order valence-corrected chi connectivity index (χ0v) is 19.0. The van der Waals surface area contributed by atoms with Gasteiger partial charge in [-0.3, -0.25) is 0 Å². The molecule has 1 nitrogen and oxygen atoms in total. The summed E-state index contributed by atoms with van der Waals surface area (Å²) in [5.41, 5.74) is 7.56. The number of aromatic nitrogens is 1. The molecule has 0 N–H and O–H groups in total. The minimum absolute atomic E-state index is 1.18. The molecular formula is C33H23N. The summed E-state index contributed by atoms with van der Waals surface area (Å²) < 4.78 is 2.42. The number of para-hydroxylation sites is 1. The standard InChI is InChI=1S/C33H23N/c1-22-27-10-4-2-8-23(27)16-20-28(22)25-14-18-26(19-15-25)34-32-13-7-6-12-30(32)31-21-17-24-9-3-5-11-29(24)33(31)34/h2-21H,1H3. The van der Waals surface area contributed by atoms with Gasteiger partial charge in [-0.05, 0) is 58.0 Å². The van der Waals surface area contributed by atoms with Crippen molar-refractivity contribution in [3.05, 3.63) is 127 Å². The summed E-state index contributed by atoms with van der Waals surface area (Å²) >= 11 is 0. The van der Waals surface area contributed by atoms with Crippen molar-refractivity contribution in [3.63, 3.8) is 0 Å². The third kappa shape index (κ3) is 2.74. The van der Waals surface area contributed by atoms with Crippen LogP contribution < -0.4 is 0 Å². The molecule has 0 radical (unpaired) electrons. The summed E-state index contributed by atoms with van der Waals surface area (Å²) in [5.74, 6) is 0. The Morgan fingerprint density at radius 2 is 1.09 bits per heavy atom. The minimum Gasteiger partial charge on any atom is -0.309 e. The number of aryl methyl sites for hydroxylation is 1. The van der Waals surface area contributed by atoms with E-state index < -0.39 is 0 Å². The molecule has 1 aromatic heterocycles. The average molecular weight is 434 g/mol. The molecule has 0 saturated carbocycles. The van der Waals surface area contributed by atoms with Crippen LogP contribution in [0.2, 0.25) is 0 Å². The number of nitrogens with zero attached hydrogens (tertiary/aromatic N) is 1. The number of rotatable bonds is 2. The van der Waals surface area contributed by atoms with Crippen LogP contribution in [0.15, 0.2) is 121 Å². The Morgan fingerprint density at radius 1 is 0.471 bits per heavy atom. The molecular weight excluding hydrogens is 410 g/mol. The van der Waals surface area contributed by atoms with Gasteiger partial charge in [0.05, 0.1) is 11.0 Å². The van der Waals surface area contributed by atoms with Crippen LogP contribution in [0.1, 0.15) is 5.56 Å². The van der Waals surface area contributed by atoms with E-state index in [0.29, 0.717) is 0 Å². The second kappa shape index (κ2) is 7.33. The largest absolute Gasteiger partial charge is 0.309 e. The van der Waals surface area contributed by atoms with E-state index >= 15 is 0 Å². The zero-order valence-electron chi connectivity index (χ0n) is 19.0. The third-order valence-corrected chi connectivity index (χ3v) is 7.19. The van der Waals surface area contributed by atoms with Gasteiger partial charge in [-0.25, -0.2) is 0 Å². The van der Waals surface area contributed by atoms with Crippen LogP contribution in [0.3, 0.4) is 0 Å². The Kier molecular flexibility index (Phi) is 4.13. The Hall–Kier alpha value is -4.36. The zero-order chi connectivity index (χ0) is 22.6. The second-order valence-electron chi connectivity index (χ2n) is 9.04. The maximum Gasteiger partial charge on any atom is 0.0619 e. The lowest BCUT2D eigenvalue weighted by molar-refractivity contribution is 1.19. The van der Waals surface area contributed by atoms with Crippen LogP contribution in [0.5, 0.6) is 0 Å². The first-order chi connectivity index (χ1) is 16.8. The van der Waals surface area contributed by atoms with E-state index in [1.165, 1.54) is 65.7 Å². The van der Waals surface area contributed by atoms with Crippen molar-refractivity contribution in [3.8, 4) is 16.8 Å². The summed E-state index contributed by atoms with van der Waals surface area (Å²) in [7, 11) is 0. The Balaban J connectivity index is 1.46. The SMILES string of the molecule is Cc1c(-c2ccc(-n3c4ccccc4c4ccc5ccccc5c43)cc2)ccc2ccccc12. The van der Waals surface area contributed by atoms with Crippen LogP contribution in [-0.4, -0.2) is 4.57 Å². The van der Waals surface area contributed by atoms with Crippen molar-refractivity contribution < 1.29 is 0 Å². The lowest BCUT2D eigenvalue weighted by Crippen LogP contribution is -1.95. The maximum absolute atomic E-state index is 2.42. The van der Waals surface area contributed by atoms with Gasteiger partial charge in [0.15, 0.2) is 0 Å². The van der Waals surface area contributed by atoms with Gasteiger partial charge in [0.25, 0.3) is 0 Å². The molecule has 7 aromatic rings. The maximum atomic E-state index is 2.42. The first kappa shape index (κ1) is 19.1. The molecule has 0 aliphatic heterocycles. The van der Waals surface area contributed by atoms with E-state index in [-0.39, 0.29) is 0 Å². The monoisotopic (exact) mass is 433 g/mol. The van der Waals surface area contributed by atoms with Crippen LogP contribution >= 0.6 is 0 Å². The van der Waals surface area contributed by atoms with Crippen LogP contribution in [0.4, 0.5) is 0 Å². The van der Waals surface area contributed by atoms with Crippen LogP contribution in [0, 0.1) is 6.92 Å². The molecule has 34 heavy (non-hydrogen) atoms. The van der Waals surface area contributed by atoms with Gasteiger partial charge >= 0.3 is 0 Å². The van der Waals surface area contributed by atoms with Crippen molar-refractivity contribution in [2.45, 2.75) is 6.92 Å². The fourth-order valence-corrected chi connectivity index (χ4v) is 5.53. The summed E-state index contributed by atoms with van der Waals surface area (Å²) in [6.07, 6.45) is 0. The van der Waals surface area contributed by atoms with Gasteiger partial charge in [-0.15, -0.1) is 0 Å². The van der Waals surface area contributed by atoms with Crippen molar-refractivity contribution in [1.82, 2.24) is 4.57 Å². The van der Waals surface area contributed by atoms with Crippen molar-refractivity contribution in [2.75, 3.05) is 0 Å². The van der Waals surface area contributed by atoms with E-state index in [9.17, 15) is 0 Å². The molecule has 7 rings (SSSR count). The van der Waals surface area contributed by atoms with Crippen molar-refractivity contribution in [2.24, 2.45) is 0 Å². The van der Waals surface area contributed by atoms with Gasteiger partial charge in [-0.1, -0.05) is 103 Å². The van der Waals surface area contributed by atoms with Gasteiger partial charge < -0.3 is 4.57 Å². The number of fused-ring (bicyclic) bond motifs is 6. The fraction of sp³-hybridized carbons (Fsp3) is 0.0303. The Bertz CT molecular complexity index is 1850. The lowest BCUT2D eigenvalue weighted by Gasteiger charge is -2.13. The average Bonchev–Trinajstić information content (AvgIpc) is 3.24. The summed E-state index contributed by atoms with van der Waals surface area (Å²) in [6.45, 7) is 2.23. The molecule has 0 unspecified atom stereocenters. The van der Waals surface area contributed by atoms with Gasteiger partial charge in [-0.2, -0.15) is 0 Å². The first-order valence-corrected chi connectivity index (χ1v) is 11.8. The van der Waals surface area contributed by atoms with Crippen molar-refractivity contribution >= 4 is 43.4 Å². The molecule has 0 fully saturated rings. The second-order valence-corrected chi connectivity index (χ2v) is 9.04. The third-order valence-electron chi connectivity index (χ3n) is 7.19. The van der Waals surface area contributed by atoms with E-state index in [0.717, 1.165) is 0 Å². The van der Waals surface area contributed by atoms with Crippen molar-refractivity contribution in [1.29, 1.82) is 0 Å². The van der Waals surface area contributed by atoms with Gasteiger partial charge in [0.2, 0.25) is 0 Å². The molecule has 0 aliphatic carbocycles. The first-order valence-electron chi connectivity index (χ1n) is 11.8. The van der Waals surface area contributed by atoms with Crippen LogP contribution in [-0.2, 0) is 0 Å². The summed E-state index contributed by atoms with van der Waals surface area (Å²) in [5, 5.41) is 7.74. The summed E-state index contributed by atoms with van der Waals surface area (Å²) in [4.78, 5) is 0. The van der Waals surface area contributed by atoms with E-state index in [2.05, 4.69) is 133 Å². The highest BCUT2D eigenvalue weighted by Crippen LogP contribution is 2.37. The highest BCUT2D eigenvalue weighted by atomic mass is 15.0. The number of hydrogen-bond donors (Lipinski definition) is 0. The lowest BCUT2D eigenvalue weighted by atomic mass is 9.95. The molecule has 6 aromatic carbocycles. The predicted molar refractivity (Wildman–Crippen MR) is 146 cm³/mol. The predicted octanol–water partition coefficient (Wildman–Crippen LogP) is 9.07. The number of benzene rings is 6. The van der Waals surface area contributed by atoms with Gasteiger partial charge in [0, 0.05) is 21.8 Å². The fourth-order valence-electron chi connectivity index (χ4n) is 5.53. The normalized spacial score (nSPS) is 11.7. The van der Waals surface area contributed by atoms with E-state index in [4.69, 9.17) is 0 Å². The molecule has 160 valence electrons. The molecule has 0 atom stereocenters. The molecule has 0 aliphatic rings. The molecule has 1 heterocycles. The van der Waals surface area contributed by atoms with E-state index in [1.54, 1.807) is 0 Å². The number of hydrogen-bond acceptors (Lipinski definition) is 0. The Labute approximate surface area is 198 Å². The highest BCUT2D eigenvalue weighted by Gasteiger charge is 2.15. The quantitative estimate of drug-likeness (QED) is 0.256. The molecule has 1 heteroatoms. The summed E-state index contributed by atoms with van der Waals surface area (Å²) in [6, 6.07) is 44.1. The van der Waals surface area contributed by atoms with E-state index in [1.807, 2.05) is 0 Å². The molecule has 0 saturated heterocycles. The van der Waals surface area contributed by atoms with Crippen LogP contribution in [0.25, 0.3) is 60.2 Å². The minimum atomic E-state index is 1.18. The Morgan fingerprint density at radius 3 is 1.88 bits per heavy atom.